The van der Waals surface area contributed by atoms with Gasteiger partial charge in [0.05, 0.1) is 5.56 Å². The van der Waals surface area contributed by atoms with Gasteiger partial charge in [0.25, 0.3) is 11.5 Å². The molecule has 33 heavy (non-hydrogen) atoms. The normalized spacial score (nSPS) is 20.9. The van der Waals surface area contributed by atoms with Crippen LogP contribution < -0.4 is 10.9 Å². The molecule has 1 aliphatic carbocycles. The summed E-state index contributed by atoms with van der Waals surface area (Å²) >= 11 is 0. The maximum Gasteiger partial charge on any atom is 0.389 e. The van der Waals surface area contributed by atoms with Gasteiger partial charge < -0.3 is 15.0 Å². The van der Waals surface area contributed by atoms with Crippen LogP contribution in [-0.4, -0.2) is 27.8 Å². The van der Waals surface area contributed by atoms with Gasteiger partial charge >= 0.3 is 6.18 Å². The van der Waals surface area contributed by atoms with Crippen molar-refractivity contribution < 1.29 is 23.1 Å². The summed E-state index contributed by atoms with van der Waals surface area (Å²) in [5, 5.41) is 13.1. The van der Waals surface area contributed by atoms with E-state index in [0.717, 1.165) is 30.3 Å². The second kappa shape index (κ2) is 10.0. The van der Waals surface area contributed by atoms with Crippen LogP contribution in [-0.2, 0) is 6.54 Å². The molecule has 1 heterocycles. The van der Waals surface area contributed by atoms with Crippen LogP contribution in [0.4, 0.5) is 13.2 Å². The number of carbonyl (C=O) groups is 1. The van der Waals surface area contributed by atoms with Crippen LogP contribution in [0.25, 0.3) is 0 Å². The van der Waals surface area contributed by atoms with Gasteiger partial charge in [0, 0.05) is 25.2 Å². The van der Waals surface area contributed by atoms with Gasteiger partial charge in [-0.2, -0.15) is 13.2 Å². The number of halogens is 3. The molecule has 0 spiro atoms. The molecule has 5 nitrogen and oxygen atoms in total. The van der Waals surface area contributed by atoms with Gasteiger partial charge in [0.1, 0.15) is 0 Å². The summed E-state index contributed by atoms with van der Waals surface area (Å²) in [6.07, 6.45) is -0.656. The molecule has 1 amide bonds. The topological polar surface area (TPSA) is 71.3 Å². The van der Waals surface area contributed by atoms with E-state index in [0.29, 0.717) is 5.92 Å². The van der Waals surface area contributed by atoms with Crippen molar-refractivity contribution in [3.63, 3.8) is 0 Å². The highest BCUT2D eigenvalue weighted by molar-refractivity contribution is 5.97. The lowest BCUT2D eigenvalue weighted by Gasteiger charge is -2.19. The van der Waals surface area contributed by atoms with Crippen LogP contribution in [0.3, 0.4) is 0 Å². The highest BCUT2D eigenvalue weighted by Crippen LogP contribution is 2.53. The zero-order valence-electron chi connectivity index (χ0n) is 19.0. The number of rotatable bonds is 10. The molecule has 1 aromatic carbocycles. The summed E-state index contributed by atoms with van der Waals surface area (Å²) in [5.41, 5.74) is 0.271. The molecule has 3 atom stereocenters. The minimum Gasteiger partial charge on any atom is -0.502 e. The van der Waals surface area contributed by atoms with Crippen molar-refractivity contribution in [2.24, 2.45) is 5.41 Å². The summed E-state index contributed by atoms with van der Waals surface area (Å²) in [4.78, 5) is 25.0. The van der Waals surface area contributed by atoms with Gasteiger partial charge in [-0.25, -0.2) is 0 Å². The van der Waals surface area contributed by atoms with E-state index in [2.05, 4.69) is 31.3 Å². The number of amides is 1. The number of aromatic nitrogens is 1. The van der Waals surface area contributed by atoms with E-state index in [-0.39, 0.29) is 30.0 Å². The van der Waals surface area contributed by atoms with Gasteiger partial charge in [0.2, 0.25) is 0 Å². The first-order chi connectivity index (χ1) is 15.6. The number of hydrogen-bond acceptors (Lipinski definition) is 3. The zero-order chi connectivity index (χ0) is 24.2. The number of aryl methyl sites for hydroxylation is 1. The van der Waals surface area contributed by atoms with Crippen molar-refractivity contribution in [3.8, 4) is 5.75 Å². The maximum absolute atomic E-state index is 12.7. The second-order valence-corrected chi connectivity index (χ2v) is 9.09. The smallest absolute Gasteiger partial charge is 0.389 e. The molecule has 1 unspecified atom stereocenters. The molecule has 180 valence electrons. The van der Waals surface area contributed by atoms with Crippen LogP contribution in [0, 0.1) is 5.41 Å². The minimum atomic E-state index is -4.31. The first-order valence-corrected chi connectivity index (χ1v) is 11.4. The largest absolute Gasteiger partial charge is 0.502 e. The van der Waals surface area contributed by atoms with E-state index in [1.54, 1.807) is 0 Å². The summed E-state index contributed by atoms with van der Waals surface area (Å²) in [7, 11) is 0. The molecular weight excluding hydrogens is 433 g/mol. The van der Waals surface area contributed by atoms with E-state index in [1.165, 1.54) is 17.8 Å². The van der Waals surface area contributed by atoms with Crippen molar-refractivity contribution in [2.45, 2.75) is 77.1 Å². The van der Waals surface area contributed by atoms with Gasteiger partial charge in [-0.05, 0) is 55.1 Å². The summed E-state index contributed by atoms with van der Waals surface area (Å²) in [6.45, 7) is 4.10. The summed E-state index contributed by atoms with van der Waals surface area (Å²) < 4.78 is 38.0. The number of pyridine rings is 1. The highest BCUT2D eigenvalue weighted by atomic mass is 19.4. The number of benzene rings is 1. The lowest BCUT2D eigenvalue weighted by molar-refractivity contribution is -0.135. The van der Waals surface area contributed by atoms with E-state index >= 15 is 0 Å². The third kappa shape index (κ3) is 6.18. The van der Waals surface area contributed by atoms with Crippen molar-refractivity contribution >= 4 is 5.91 Å². The fourth-order valence-electron chi connectivity index (χ4n) is 4.46. The predicted octanol–water partition coefficient (Wildman–Crippen LogP) is 5.38. The molecule has 1 fully saturated rings. The monoisotopic (exact) mass is 464 g/mol. The molecule has 0 bridgehead atoms. The standard InChI is InChI=1S/C25H31F3N2O3/c1-3-24(13-10-17(2)18-8-5-4-6-9-18)16-20(24)29-22(32)19-11-15-30(23(33)21(19)31)14-7-12-25(26,27)28/h4-6,8-9,11,15,17,20,31H,3,7,10,12-14,16H2,1-2H3,(H,29,32)/t17-,20+,24?/m1/s1. The number of alkyl halides is 3. The highest BCUT2D eigenvalue weighted by Gasteiger charge is 2.53. The first kappa shape index (κ1) is 24.9. The number of hydrogen-bond donors (Lipinski definition) is 2. The van der Waals surface area contributed by atoms with Gasteiger partial charge in [0.15, 0.2) is 5.75 Å². The molecule has 1 aliphatic rings. The Morgan fingerprint density at radius 3 is 2.61 bits per heavy atom. The third-order valence-corrected chi connectivity index (χ3v) is 6.89. The lowest BCUT2D eigenvalue weighted by Crippen LogP contribution is -2.31. The van der Waals surface area contributed by atoms with E-state index in [9.17, 15) is 27.9 Å². The van der Waals surface area contributed by atoms with Crippen LogP contribution in [0.2, 0.25) is 0 Å². The Morgan fingerprint density at radius 2 is 1.97 bits per heavy atom. The molecular formula is C25H31F3N2O3. The first-order valence-electron chi connectivity index (χ1n) is 11.4. The fraction of sp³-hybridized carbons (Fsp3) is 0.520. The fourth-order valence-corrected chi connectivity index (χ4v) is 4.46. The Balaban J connectivity index is 1.58. The number of carbonyl (C=O) groups excluding carboxylic acids is 1. The van der Waals surface area contributed by atoms with Crippen LogP contribution >= 0.6 is 0 Å². The van der Waals surface area contributed by atoms with E-state index < -0.39 is 29.8 Å². The lowest BCUT2D eigenvalue weighted by atomic mass is 9.88. The Morgan fingerprint density at radius 1 is 1.27 bits per heavy atom. The van der Waals surface area contributed by atoms with Crippen molar-refractivity contribution in [1.82, 2.24) is 9.88 Å². The number of nitrogens with zero attached hydrogens (tertiary/aromatic N) is 1. The van der Waals surface area contributed by atoms with E-state index in [4.69, 9.17) is 0 Å². The Kier molecular flexibility index (Phi) is 7.55. The van der Waals surface area contributed by atoms with Gasteiger partial charge in [-0.15, -0.1) is 0 Å². The third-order valence-electron chi connectivity index (χ3n) is 6.89. The molecule has 2 N–H and O–H groups in total. The average Bonchev–Trinajstić information content (AvgIpc) is 3.47. The van der Waals surface area contributed by atoms with Crippen LogP contribution in [0.1, 0.15) is 74.2 Å². The second-order valence-electron chi connectivity index (χ2n) is 9.09. The Hall–Kier alpha value is -2.77. The van der Waals surface area contributed by atoms with Crippen molar-refractivity contribution in [1.29, 1.82) is 0 Å². The molecule has 3 rings (SSSR count). The Labute approximate surface area is 191 Å². The summed E-state index contributed by atoms with van der Waals surface area (Å²) in [6, 6.07) is 11.5. The van der Waals surface area contributed by atoms with Gasteiger partial charge in [-0.1, -0.05) is 44.2 Å². The summed E-state index contributed by atoms with van der Waals surface area (Å²) in [5.74, 6) is -0.869. The molecule has 0 saturated heterocycles. The Bertz CT molecular complexity index is 1020. The quantitative estimate of drug-likeness (QED) is 0.496. The van der Waals surface area contributed by atoms with Crippen molar-refractivity contribution in [2.75, 3.05) is 0 Å². The number of aromatic hydroxyl groups is 1. The molecule has 1 aromatic heterocycles. The maximum atomic E-state index is 12.7. The molecule has 0 aliphatic heterocycles. The minimum absolute atomic E-state index is 0.000892. The number of nitrogens with one attached hydrogen (secondary N) is 1. The van der Waals surface area contributed by atoms with Crippen LogP contribution in [0.5, 0.6) is 5.75 Å². The molecule has 1 saturated carbocycles. The zero-order valence-corrected chi connectivity index (χ0v) is 19.0. The molecule has 2 aromatic rings. The van der Waals surface area contributed by atoms with Crippen LogP contribution in [0.15, 0.2) is 47.4 Å². The van der Waals surface area contributed by atoms with Gasteiger partial charge in [-0.3, -0.25) is 9.59 Å². The SMILES string of the molecule is CCC1(CC[C@@H](C)c2ccccc2)C[C@@H]1NC(=O)c1ccn(CCCC(F)(F)F)c(=O)c1O. The molecule has 0 radical (unpaired) electrons. The van der Waals surface area contributed by atoms with Crippen molar-refractivity contribution in [3.05, 3.63) is 64.1 Å². The predicted molar refractivity (Wildman–Crippen MR) is 120 cm³/mol. The molecule has 8 heteroatoms. The van der Waals surface area contributed by atoms with E-state index in [1.807, 2.05) is 18.2 Å². The average molecular weight is 465 g/mol.